The summed E-state index contributed by atoms with van der Waals surface area (Å²) < 4.78 is 20.7. The van der Waals surface area contributed by atoms with Gasteiger partial charge in [0.2, 0.25) is 5.75 Å². The van der Waals surface area contributed by atoms with Crippen LogP contribution < -0.4 is 19.5 Å². The lowest BCUT2D eigenvalue weighted by molar-refractivity contribution is -0.126. The summed E-state index contributed by atoms with van der Waals surface area (Å²) in [5.41, 5.74) is 0.934. The summed E-state index contributed by atoms with van der Waals surface area (Å²) >= 11 is 0. The average Bonchev–Trinajstić information content (AvgIpc) is 3.09. The number of carbonyl (C=O) groups is 3. The first-order valence-electron chi connectivity index (χ1n) is 9.12. The monoisotopic (exact) mass is 414 g/mol. The SMILES string of the molecule is COc1ccc(C(=O)NC(CN2C(=O)COC2=O)c2ccccc2)c(OC)c1OC. The van der Waals surface area contributed by atoms with Crippen LogP contribution >= 0.6 is 0 Å². The molecule has 1 saturated heterocycles. The van der Waals surface area contributed by atoms with E-state index in [4.69, 9.17) is 18.9 Å². The van der Waals surface area contributed by atoms with Crippen LogP contribution in [0.1, 0.15) is 22.0 Å². The minimum atomic E-state index is -0.737. The number of amides is 3. The van der Waals surface area contributed by atoms with Crippen molar-refractivity contribution >= 4 is 17.9 Å². The van der Waals surface area contributed by atoms with Crippen molar-refractivity contribution in [2.24, 2.45) is 0 Å². The van der Waals surface area contributed by atoms with E-state index in [1.165, 1.54) is 21.3 Å². The van der Waals surface area contributed by atoms with E-state index in [1.54, 1.807) is 36.4 Å². The zero-order valence-corrected chi connectivity index (χ0v) is 16.8. The Morgan fingerprint density at radius 1 is 1.03 bits per heavy atom. The Bertz CT molecular complexity index is 930. The Balaban J connectivity index is 1.92. The van der Waals surface area contributed by atoms with Gasteiger partial charge in [-0.15, -0.1) is 0 Å². The Kier molecular flexibility index (Phi) is 6.41. The third-order valence-corrected chi connectivity index (χ3v) is 4.66. The molecule has 3 rings (SSSR count). The molecule has 0 saturated carbocycles. The predicted molar refractivity (Wildman–Crippen MR) is 106 cm³/mol. The van der Waals surface area contributed by atoms with Gasteiger partial charge in [0.15, 0.2) is 18.1 Å². The van der Waals surface area contributed by atoms with Crippen molar-refractivity contribution in [1.82, 2.24) is 10.2 Å². The van der Waals surface area contributed by atoms with Gasteiger partial charge in [0.25, 0.3) is 11.8 Å². The zero-order chi connectivity index (χ0) is 21.7. The molecule has 158 valence electrons. The number of nitrogens with one attached hydrogen (secondary N) is 1. The fraction of sp³-hybridized carbons (Fsp3) is 0.286. The molecule has 0 bridgehead atoms. The number of hydrogen-bond acceptors (Lipinski definition) is 7. The van der Waals surface area contributed by atoms with Gasteiger partial charge in [0.1, 0.15) is 0 Å². The highest BCUT2D eigenvalue weighted by Crippen LogP contribution is 2.39. The van der Waals surface area contributed by atoms with Crippen molar-refractivity contribution in [2.45, 2.75) is 6.04 Å². The number of hydrogen-bond donors (Lipinski definition) is 1. The van der Waals surface area contributed by atoms with Crippen molar-refractivity contribution in [2.75, 3.05) is 34.5 Å². The molecule has 2 aromatic carbocycles. The van der Waals surface area contributed by atoms with Gasteiger partial charge in [0, 0.05) is 0 Å². The van der Waals surface area contributed by atoms with Gasteiger partial charge in [-0.05, 0) is 17.7 Å². The van der Waals surface area contributed by atoms with E-state index in [0.29, 0.717) is 5.75 Å². The molecule has 0 radical (unpaired) electrons. The van der Waals surface area contributed by atoms with Crippen molar-refractivity contribution in [3.05, 3.63) is 53.6 Å². The number of nitrogens with zero attached hydrogens (tertiary/aromatic N) is 1. The first kappa shape index (κ1) is 21.0. The van der Waals surface area contributed by atoms with Crippen molar-refractivity contribution in [1.29, 1.82) is 0 Å². The van der Waals surface area contributed by atoms with E-state index in [-0.39, 0.29) is 30.2 Å². The van der Waals surface area contributed by atoms with E-state index in [1.807, 2.05) is 6.07 Å². The summed E-state index contributed by atoms with van der Waals surface area (Å²) in [5, 5.41) is 2.86. The van der Waals surface area contributed by atoms with Gasteiger partial charge < -0.3 is 24.3 Å². The summed E-state index contributed by atoms with van der Waals surface area (Å²) in [6, 6.07) is 11.5. The van der Waals surface area contributed by atoms with Crippen LogP contribution in [-0.4, -0.2) is 57.3 Å². The molecule has 1 unspecified atom stereocenters. The van der Waals surface area contributed by atoms with E-state index in [2.05, 4.69) is 5.32 Å². The molecule has 0 aromatic heterocycles. The summed E-state index contributed by atoms with van der Waals surface area (Å²) in [4.78, 5) is 37.9. The molecular formula is C21H22N2O7. The van der Waals surface area contributed by atoms with E-state index >= 15 is 0 Å². The Labute approximate surface area is 173 Å². The lowest BCUT2D eigenvalue weighted by Gasteiger charge is -2.23. The Hall–Kier alpha value is -3.75. The number of methoxy groups -OCH3 is 3. The van der Waals surface area contributed by atoms with Crippen LogP contribution in [0.5, 0.6) is 17.2 Å². The molecular weight excluding hydrogens is 392 g/mol. The quantitative estimate of drug-likeness (QED) is 0.706. The van der Waals surface area contributed by atoms with Crippen LogP contribution in [-0.2, 0) is 9.53 Å². The number of ether oxygens (including phenoxy) is 4. The van der Waals surface area contributed by atoms with Crippen molar-refractivity contribution in [3.8, 4) is 17.2 Å². The minimum Gasteiger partial charge on any atom is -0.493 e. The van der Waals surface area contributed by atoms with Crippen molar-refractivity contribution < 1.29 is 33.3 Å². The standard InChI is InChI=1S/C21H22N2O7/c1-27-16-10-9-14(18(28-2)19(16)29-3)20(25)22-15(13-7-5-4-6-8-13)11-23-17(24)12-30-21(23)26/h4-10,15H,11-12H2,1-3H3,(H,22,25). The normalized spacial score (nSPS) is 14.2. The third-order valence-electron chi connectivity index (χ3n) is 4.66. The Morgan fingerprint density at radius 2 is 1.73 bits per heavy atom. The number of carbonyl (C=O) groups excluding carboxylic acids is 3. The zero-order valence-electron chi connectivity index (χ0n) is 16.8. The van der Waals surface area contributed by atoms with E-state index < -0.39 is 23.9 Å². The maximum Gasteiger partial charge on any atom is 0.417 e. The molecule has 1 fully saturated rings. The lowest BCUT2D eigenvalue weighted by atomic mass is 10.0. The van der Waals surface area contributed by atoms with Crippen molar-refractivity contribution in [3.63, 3.8) is 0 Å². The highest BCUT2D eigenvalue weighted by atomic mass is 16.6. The molecule has 1 atom stereocenters. The van der Waals surface area contributed by atoms with Gasteiger partial charge >= 0.3 is 6.09 Å². The topological polar surface area (TPSA) is 103 Å². The van der Waals surface area contributed by atoms with Gasteiger partial charge in [0.05, 0.1) is 39.5 Å². The van der Waals surface area contributed by atoms with Crippen LogP contribution in [0.25, 0.3) is 0 Å². The molecule has 0 spiro atoms. The van der Waals surface area contributed by atoms with Crippen LogP contribution in [0.2, 0.25) is 0 Å². The number of imide groups is 1. The van der Waals surface area contributed by atoms with Crippen LogP contribution in [0.4, 0.5) is 4.79 Å². The molecule has 3 amide bonds. The highest BCUT2D eigenvalue weighted by molar-refractivity contribution is 5.99. The summed E-state index contributed by atoms with van der Waals surface area (Å²) in [6.07, 6.45) is -0.737. The maximum absolute atomic E-state index is 13.1. The summed E-state index contributed by atoms with van der Waals surface area (Å²) in [5.74, 6) is -0.0310. The number of benzene rings is 2. The van der Waals surface area contributed by atoms with Gasteiger partial charge in [-0.2, -0.15) is 0 Å². The molecule has 1 N–H and O–H groups in total. The van der Waals surface area contributed by atoms with Crippen LogP contribution in [0.3, 0.4) is 0 Å². The molecule has 1 aliphatic heterocycles. The molecule has 1 heterocycles. The Morgan fingerprint density at radius 3 is 2.30 bits per heavy atom. The molecule has 2 aromatic rings. The highest BCUT2D eigenvalue weighted by Gasteiger charge is 2.34. The molecule has 9 heteroatoms. The predicted octanol–water partition coefficient (Wildman–Crippen LogP) is 2.16. The van der Waals surface area contributed by atoms with Crippen LogP contribution in [0.15, 0.2) is 42.5 Å². The second-order valence-electron chi connectivity index (χ2n) is 6.38. The van der Waals surface area contributed by atoms with Crippen LogP contribution in [0, 0.1) is 0 Å². The second kappa shape index (κ2) is 9.17. The summed E-state index contributed by atoms with van der Waals surface area (Å²) in [6.45, 7) is -0.374. The second-order valence-corrected chi connectivity index (χ2v) is 6.38. The first-order chi connectivity index (χ1) is 14.5. The maximum atomic E-state index is 13.1. The fourth-order valence-corrected chi connectivity index (χ4v) is 3.18. The van der Waals surface area contributed by atoms with E-state index in [0.717, 1.165) is 10.5 Å². The molecule has 0 aliphatic carbocycles. The third kappa shape index (κ3) is 4.14. The number of rotatable bonds is 8. The van der Waals surface area contributed by atoms with Gasteiger partial charge in [-0.3, -0.25) is 9.59 Å². The minimum absolute atomic E-state index is 0.0664. The number of cyclic esters (lactones) is 1. The molecule has 30 heavy (non-hydrogen) atoms. The van der Waals surface area contributed by atoms with E-state index in [9.17, 15) is 14.4 Å². The van der Waals surface area contributed by atoms with Gasteiger partial charge in [-0.25, -0.2) is 9.69 Å². The summed E-state index contributed by atoms with van der Waals surface area (Å²) in [7, 11) is 4.34. The molecule has 9 nitrogen and oxygen atoms in total. The fourth-order valence-electron chi connectivity index (χ4n) is 3.18. The average molecular weight is 414 g/mol. The smallest absolute Gasteiger partial charge is 0.417 e. The first-order valence-corrected chi connectivity index (χ1v) is 9.12. The lowest BCUT2D eigenvalue weighted by Crippen LogP contribution is -2.40. The van der Waals surface area contributed by atoms with Gasteiger partial charge in [-0.1, -0.05) is 30.3 Å². The molecule has 1 aliphatic rings. The largest absolute Gasteiger partial charge is 0.493 e.